The lowest BCUT2D eigenvalue weighted by Crippen LogP contribution is -2.60. The molecule has 0 aromatic rings. The van der Waals surface area contributed by atoms with Gasteiger partial charge in [-0.05, 0) is 19.8 Å². The first kappa shape index (κ1) is 18.1. The van der Waals surface area contributed by atoms with Crippen molar-refractivity contribution in [1.82, 2.24) is 4.90 Å². The van der Waals surface area contributed by atoms with Crippen LogP contribution in [0.2, 0.25) is 0 Å². The second kappa shape index (κ2) is 6.31. The average molecular weight is 355 g/mol. The molecule has 1 saturated heterocycles. The molecule has 2 fully saturated rings. The van der Waals surface area contributed by atoms with Gasteiger partial charge in [-0.25, -0.2) is 8.78 Å². The molecule has 0 unspecified atom stereocenters. The number of halogens is 2. The van der Waals surface area contributed by atoms with E-state index in [9.17, 15) is 26.8 Å². The summed E-state index contributed by atoms with van der Waals surface area (Å²) < 4.78 is 58.0. The number of alkyl halides is 2. The number of carbonyl (C=O) groups is 2. The van der Waals surface area contributed by atoms with Crippen LogP contribution >= 0.6 is 0 Å². The molecule has 7 nitrogen and oxygen atoms in total. The molecule has 0 spiro atoms. The molecule has 0 bridgehead atoms. The molecule has 0 N–H and O–H groups in total. The van der Waals surface area contributed by atoms with Crippen LogP contribution in [0.3, 0.4) is 0 Å². The summed E-state index contributed by atoms with van der Waals surface area (Å²) in [6.45, 7) is 0.338. The number of esters is 1. The molecule has 2 aliphatic rings. The van der Waals surface area contributed by atoms with E-state index in [4.69, 9.17) is 8.92 Å². The largest absolute Gasteiger partial charge is 0.466 e. The predicted octanol–water partition coefficient (Wildman–Crippen LogP) is 0.398. The van der Waals surface area contributed by atoms with E-state index in [0.29, 0.717) is 0 Å². The van der Waals surface area contributed by atoms with Crippen LogP contribution in [0.25, 0.3) is 0 Å². The molecular formula is C13H19F2NO6S. The van der Waals surface area contributed by atoms with Crippen molar-refractivity contribution < 1.29 is 35.7 Å². The lowest BCUT2D eigenvalue weighted by atomic mass is 9.93. The molecular weight excluding hydrogens is 336 g/mol. The van der Waals surface area contributed by atoms with Crippen LogP contribution < -0.4 is 0 Å². The third-order valence-electron chi connectivity index (χ3n) is 3.89. The van der Waals surface area contributed by atoms with E-state index in [1.54, 1.807) is 6.92 Å². The summed E-state index contributed by atoms with van der Waals surface area (Å²) in [5.41, 5.74) is 0. The van der Waals surface area contributed by atoms with Crippen LogP contribution in [0, 0.1) is 11.8 Å². The fraction of sp³-hybridized carbons (Fsp3) is 0.846. The number of likely N-dealkylation sites (tertiary alicyclic amines) is 1. The Morgan fingerprint density at radius 2 is 1.78 bits per heavy atom. The van der Waals surface area contributed by atoms with Crippen LogP contribution in [0.4, 0.5) is 8.78 Å². The Bertz CT molecular complexity index is 585. The van der Waals surface area contributed by atoms with Crippen molar-refractivity contribution in [1.29, 1.82) is 0 Å². The number of hydrogen-bond donors (Lipinski definition) is 0. The Morgan fingerprint density at radius 1 is 1.22 bits per heavy atom. The zero-order valence-electron chi connectivity index (χ0n) is 12.8. The number of ether oxygens (including phenoxy) is 1. The minimum atomic E-state index is -3.75. The molecule has 10 heteroatoms. The van der Waals surface area contributed by atoms with Crippen molar-refractivity contribution in [2.45, 2.75) is 31.8 Å². The van der Waals surface area contributed by atoms with Gasteiger partial charge in [0.05, 0.1) is 43.9 Å². The Kier molecular flexibility index (Phi) is 4.95. The summed E-state index contributed by atoms with van der Waals surface area (Å²) in [5, 5.41) is 0. The highest BCUT2D eigenvalue weighted by Crippen LogP contribution is 2.39. The molecule has 2 rings (SSSR count). The second-order valence-electron chi connectivity index (χ2n) is 5.91. The fourth-order valence-electron chi connectivity index (χ4n) is 3.00. The molecule has 1 aliphatic heterocycles. The summed E-state index contributed by atoms with van der Waals surface area (Å²) in [4.78, 5) is 25.3. The van der Waals surface area contributed by atoms with E-state index < -0.39 is 58.9 Å². The molecule has 0 aromatic carbocycles. The van der Waals surface area contributed by atoms with Gasteiger partial charge in [-0.2, -0.15) is 8.42 Å². The Labute approximate surface area is 133 Å². The number of nitrogens with zero attached hydrogens (tertiary/aromatic N) is 1. The van der Waals surface area contributed by atoms with Gasteiger partial charge in [0.1, 0.15) is 0 Å². The van der Waals surface area contributed by atoms with E-state index in [-0.39, 0.29) is 19.4 Å². The molecule has 0 radical (unpaired) electrons. The standard InChI is InChI=1S/C13H19F2NO6S/c1-3-21-12(18)10-5-8(22-23(2,19)20)4-9(10)11(17)16-6-13(14,15)7-16/h8-10H,3-7H2,1-2H3/t8-,9-,10-/m1/s1. The first-order chi connectivity index (χ1) is 10.5. The van der Waals surface area contributed by atoms with E-state index in [1.807, 2.05) is 0 Å². The summed E-state index contributed by atoms with van der Waals surface area (Å²) in [5.74, 6) is -5.93. The van der Waals surface area contributed by atoms with E-state index in [2.05, 4.69) is 0 Å². The van der Waals surface area contributed by atoms with E-state index >= 15 is 0 Å². The van der Waals surface area contributed by atoms with Crippen LogP contribution in [-0.2, 0) is 28.6 Å². The maximum atomic E-state index is 12.9. The van der Waals surface area contributed by atoms with E-state index in [0.717, 1.165) is 11.2 Å². The monoisotopic (exact) mass is 355 g/mol. The van der Waals surface area contributed by atoms with Gasteiger partial charge in [0.15, 0.2) is 0 Å². The summed E-state index contributed by atoms with van der Waals surface area (Å²) in [7, 11) is -3.75. The van der Waals surface area contributed by atoms with Crippen LogP contribution in [0.5, 0.6) is 0 Å². The Hall–Kier alpha value is -1.29. The Morgan fingerprint density at radius 3 is 2.26 bits per heavy atom. The normalized spacial score (nSPS) is 29.9. The molecule has 23 heavy (non-hydrogen) atoms. The molecule has 1 amide bonds. The fourth-order valence-corrected chi connectivity index (χ4v) is 3.65. The van der Waals surface area contributed by atoms with Gasteiger partial charge in [0.25, 0.3) is 16.0 Å². The topological polar surface area (TPSA) is 90.0 Å². The van der Waals surface area contributed by atoms with Crippen molar-refractivity contribution in [3.63, 3.8) is 0 Å². The number of rotatable bonds is 5. The highest BCUT2D eigenvalue weighted by atomic mass is 32.2. The minimum absolute atomic E-state index is 0.00649. The molecule has 1 saturated carbocycles. The van der Waals surface area contributed by atoms with Gasteiger partial charge >= 0.3 is 5.97 Å². The molecule has 132 valence electrons. The third kappa shape index (κ3) is 4.37. The summed E-state index contributed by atoms with van der Waals surface area (Å²) in [6.07, 6.45) is 0.0248. The summed E-state index contributed by atoms with van der Waals surface area (Å²) >= 11 is 0. The van der Waals surface area contributed by atoms with Crippen LogP contribution in [-0.4, -0.2) is 63.2 Å². The van der Waals surface area contributed by atoms with Crippen LogP contribution in [0.15, 0.2) is 0 Å². The zero-order chi connectivity index (χ0) is 17.4. The smallest absolute Gasteiger partial charge is 0.309 e. The van der Waals surface area contributed by atoms with Crippen molar-refractivity contribution in [2.75, 3.05) is 26.0 Å². The lowest BCUT2D eigenvalue weighted by Gasteiger charge is -2.40. The zero-order valence-corrected chi connectivity index (χ0v) is 13.6. The van der Waals surface area contributed by atoms with Gasteiger partial charge in [0.2, 0.25) is 5.91 Å². The van der Waals surface area contributed by atoms with Gasteiger partial charge in [-0.1, -0.05) is 0 Å². The van der Waals surface area contributed by atoms with Gasteiger partial charge in [-0.3, -0.25) is 13.8 Å². The van der Waals surface area contributed by atoms with Gasteiger partial charge < -0.3 is 9.64 Å². The number of amides is 1. The molecule has 1 aliphatic carbocycles. The maximum absolute atomic E-state index is 12.9. The lowest BCUT2D eigenvalue weighted by molar-refractivity contribution is -0.173. The van der Waals surface area contributed by atoms with Crippen LogP contribution in [0.1, 0.15) is 19.8 Å². The minimum Gasteiger partial charge on any atom is -0.466 e. The quantitative estimate of drug-likeness (QED) is 0.524. The average Bonchev–Trinajstić information content (AvgIpc) is 2.76. The second-order valence-corrected chi connectivity index (χ2v) is 7.51. The van der Waals surface area contributed by atoms with Gasteiger partial charge in [-0.15, -0.1) is 0 Å². The number of carbonyl (C=O) groups excluding carboxylic acids is 2. The van der Waals surface area contributed by atoms with E-state index in [1.165, 1.54) is 0 Å². The van der Waals surface area contributed by atoms with Crippen molar-refractivity contribution in [3.05, 3.63) is 0 Å². The third-order valence-corrected chi connectivity index (χ3v) is 4.51. The molecule has 1 heterocycles. The first-order valence-corrected chi connectivity index (χ1v) is 9.05. The number of hydrogen-bond acceptors (Lipinski definition) is 6. The maximum Gasteiger partial charge on any atom is 0.309 e. The SMILES string of the molecule is CCOC(=O)[C@@H]1C[C@H](OS(C)(=O)=O)C[C@H]1C(=O)N1CC(F)(F)C1. The highest BCUT2D eigenvalue weighted by molar-refractivity contribution is 7.86. The highest BCUT2D eigenvalue weighted by Gasteiger charge is 2.52. The first-order valence-electron chi connectivity index (χ1n) is 7.24. The predicted molar refractivity (Wildman–Crippen MR) is 74.1 cm³/mol. The van der Waals surface area contributed by atoms with Crippen molar-refractivity contribution >= 4 is 22.0 Å². The Balaban J connectivity index is 2.10. The molecule has 0 aromatic heterocycles. The van der Waals surface area contributed by atoms with Gasteiger partial charge in [0, 0.05) is 0 Å². The summed E-state index contributed by atoms with van der Waals surface area (Å²) in [6, 6.07) is 0. The molecule has 3 atom stereocenters. The van der Waals surface area contributed by atoms with Crippen molar-refractivity contribution in [3.8, 4) is 0 Å². The van der Waals surface area contributed by atoms with Crippen molar-refractivity contribution in [2.24, 2.45) is 11.8 Å².